The average molecular weight is 375 g/mol. The number of benzene rings is 1. The van der Waals surface area contributed by atoms with Gasteiger partial charge in [0, 0.05) is 29.2 Å². The van der Waals surface area contributed by atoms with E-state index < -0.39 is 9.84 Å². The lowest BCUT2D eigenvalue weighted by Crippen LogP contribution is -2.42. The van der Waals surface area contributed by atoms with Crippen molar-refractivity contribution in [2.45, 2.75) is 39.7 Å². The van der Waals surface area contributed by atoms with Gasteiger partial charge in [-0.25, -0.2) is 8.42 Å². The van der Waals surface area contributed by atoms with Crippen molar-refractivity contribution in [3.8, 4) is 0 Å². The Morgan fingerprint density at radius 2 is 2.08 bits per heavy atom. The first-order valence-corrected chi connectivity index (χ1v) is 10.7. The van der Waals surface area contributed by atoms with Gasteiger partial charge in [-0.3, -0.25) is 4.79 Å². The van der Waals surface area contributed by atoms with Gasteiger partial charge in [0.2, 0.25) is 5.91 Å². The molecule has 1 fully saturated rings. The van der Waals surface area contributed by atoms with Gasteiger partial charge in [-0.15, -0.1) is 6.58 Å². The van der Waals surface area contributed by atoms with Crippen molar-refractivity contribution in [1.29, 1.82) is 0 Å². The summed E-state index contributed by atoms with van der Waals surface area (Å²) in [5.41, 5.74) is 5.36. The number of aromatic nitrogens is 1. The highest BCUT2D eigenvalue weighted by atomic mass is 32.2. The van der Waals surface area contributed by atoms with Gasteiger partial charge in [0.25, 0.3) is 0 Å². The van der Waals surface area contributed by atoms with Gasteiger partial charge in [-0.05, 0) is 44.4 Å². The maximum absolute atomic E-state index is 13.0. The molecule has 140 valence electrons. The maximum atomic E-state index is 13.0. The molecule has 2 aromatic rings. The van der Waals surface area contributed by atoms with E-state index in [4.69, 9.17) is 0 Å². The highest BCUT2D eigenvalue weighted by Crippen LogP contribution is 2.28. The number of carbonyl (C=O) groups is 1. The standard InChI is InChI=1S/C20H26N2O3S/c1-5-7-22(16-6-8-26(24,25)12-16)19(23)11-17-15(4)21-20-14(3)9-13(2)10-18(17)20/h5,9-10,16,21H,1,6-8,11-12H2,2-4H3/t16-/m0/s1. The summed E-state index contributed by atoms with van der Waals surface area (Å²) < 4.78 is 23.6. The first-order chi connectivity index (χ1) is 12.2. The van der Waals surface area contributed by atoms with Crippen LogP contribution in [0.1, 0.15) is 28.8 Å². The Hall–Kier alpha value is -2.08. The van der Waals surface area contributed by atoms with Crippen LogP contribution in [0, 0.1) is 20.8 Å². The molecule has 3 rings (SSSR count). The summed E-state index contributed by atoms with van der Waals surface area (Å²) in [5, 5.41) is 1.07. The number of aromatic amines is 1. The van der Waals surface area contributed by atoms with Gasteiger partial charge >= 0.3 is 0 Å². The lowest BCUT2D eigenvalue weighted by Gasteiger charge is -2.27. The molecule has 5 nitrogen and oxygen atoms in total. The Morgan fingerprint density at radius 3 is 2.69 bits per heavy atom. The van der Waals surface area contributed by atoms with Crippen molar-refractivity contribution in [3.63, 3.8) is 0 Å². The molecular formula is C20H26N2O3S. The van der Waals surface area contributed by atoms with E-state index in [-0.39, 0.29) is 29.9 Å². The summed E-state index contributed by atoms with van der Waals surface area (Å²) >= 11 is 0. The van der Waals surface area contributed by atoms with Gasteiger partial charge in [-0.2, -0.15) is 0 Å². The first-order valence-electron chi connectivity index (χ1n) is 8.91. The van der Waals surface area contributed by atoms with Crippen LogP contribution in [-0.2, 0) is 21.1 Å². The second kappa shape index (κ2) is 6.91. The predicted molar refractivity (Wildman–Crippen MR) is 105 cm³/mol. The fourth-order valence-corrected chi connectivity index (χ4v) is 5.66. The molecular weight excluding hydrogens is 348 g/mol. The molecule has 1 aromatic carbocycles. The van der Waals surface area contributed by atoms with E-state index in [0.717, 1.165) is 33.3 Å². The highest BCUT2D eigenvalue weighted by Gasteiger charge is 2.34. The van der Waals surface area contributed by atoms with Crippen LogP contribution >= 0.6 is 0 Å². The maximum Gasteiger partial charge on any atom is 0.227 e. The molecule has 0 unspecified atom stereocenters. The van der Waals surface area contributed by atoms with E-state index in [9.17, 15) is 13.2 Å². The summed E-state index contributed by atoms with van der Waals surface area (Å²) in [5.74, 6) is 0.163. The summed E-state index contributed by atoms with van der Waals surface area (Å²) in [6, 6.07) is 3.98. The first kappa shape index (κ1) is 18.7. The van der Waals surface area contributed by atoms with Crippen molar-refractivity contribution in [1.82, 2.24) is 9.88 Å². The minimum absolute atomic E-state index is 0.0461. The number of aryl methyl sites for hydroxylation is 3. The summed E-state index contributed by atoms with van der Waals surface area (Å²) in [7, 11) is -3.04. The zero-order chi connectivity index (χ0) is 19.1. The smallest absolute Gasteiger partial charge is 0.227 e. The van der Waals surface area contributed by atoms with Crippen LogP contribution in [0.5, 0.6) is 0 Å². The van der Waals surface area contributed by atoms with Gasteiger partial charge in [-0.1, -0.05) is 17.7 Å². The van der Waals surface area contributed by atoms with Gasteiger partial charge in [0.15, 0.2) is 9.84 Å². The molecule has 1 aliphatic heterocycles. The second-order valence-corrected chi connectivity index (χ2v) is 9.53. The van der Waals surface area contributed by atoms with E-state index in [0.29, 0.717) is 13.0 Å². The zero-order valence-corrected chi connectivity index (χ0v) is 16.4. The number of amides is 1. The Morgan fingerprint density at radius 1 is 1.35 bits per heavy atom. The largest absolute Gasteiger partial charge is 0.358 e. The third-order valence-electron chi connectivity index (χ3n) is 5.19. The number of fused-ring (bicyclic) bond motifs is 1. The number of H-pyrrole nitrogens is 1. The summed E-state index contributed by atoms with van der Waals surface area (Å²) in [6.07, 6.45) is 2.44. The summed E-state index contributed by atoms with van der Waals surface area (Å²) in [4.78, 5) is 18.1. The zero-order valence-electron chi connectivity index (χ0n) is 15.6. The Balaban J connectivity index is 1.92. The molecule has 0 spiro atoms. The molecule has 0 aliphatic carbocycles. The van der Waals surface area contributed by atoms with E-state index in [2.05, 4.69) is 30.6 Å². The molecule has 0 radical (unpaired) electrons. The Kier molecular flexibility index (Phi) is 4.97. The van der Waals surface area contributed by atoms with Crippen LogP contribution in [0.4, 0.5) is 0 Å². The Labute approximate surface area is 155 Å². The van der Waals surface area contributed by atoms with E-state index >= 15 is 0 Å². The number of carbonyl (C=O) groups excluding carboxylic acids is 1. The lowest BCUT2D eigenvalue weighted by molar-refractivity contribution is -0.131. The lowest BCUT2D eigenvalue weighted by atomic mass is 10.0. The predicted octanol–water partition coefficient (Wildman–Crippen LogP) is 2.84. The van der Waals surface area contributed by atoms with Crippen molar-refractivity contribution in [2.75, 3.05) is 18.1 Å². The molecule has 1 saturated heterocycles. The number of hydrogen-bond donors (Lipinski definition) is 1. The number of nitrogens with zero attached hydrogens (tertiary/aromatic N) is 1. The molecule has 1 N–H and O–H groups in total. The molecule has 0 saturated carbocycles. The molecule has 1 aliphatic rings. The van der Waals surface area contributed by atoms with Crippen LogP contribution in [0.25, 0.3) is 10.9 Å². The SMILES string of the molecule is C=CCN(C(=O)Cc1c(C)[nH]c2c(C)cc(C)cc12)[C@H]1CCS(=O)(=O)C1. The molecule has 6 heteroatoms. The molecule has 0 bridgehead atoms. The highest BCUT2D eigenvalue weighted by molar-refractivity contribution is 7.91. The molecule has 1 amide bonds. The fourth-order valence-electron chi connectivity index (χ4n) is 3.93. The van der Waals surface area contributed by atoms with Crippen LogP contribution in [0.3, 0.4) is 0 Å². The van der Waals surface area contributed by atoms with E-state index in [1.807, 2.05) is 13.8 Å². The van der Waals surface area contributed by atoms with Crippen molar-refractivity contribution in [2.24, 2.45) is 0 Å². The third-order valence-corrected chi connectivity index (χ3v) is 6.94. The van der Waals surface area contributed by atoms with Crippen molar-refractivity contribution < 1.29 is 13.2 Å². The number of rotatable bonds is 5. The number of hydrogen-bond acceptors (Lipinski definition) is 3. The normalized spacial score (nSPS) is 19.0. The van der Waals surface area contributed by atoms with Crippen LogP contribution in [-0.4, -0.2) is 48.3 Å². The Bertz CT molecular complexity index is 973. The summed E-state index contributed by atoms with van der Waals surface area (Å²) in [6.45, 7) is 10.2. The third kappa shape index (κ3) is 3.56. The van der Waals surface area contributed by atoms with Gasteiger partial charge in [0.05, 0.1) is 17.9 Å². The average Bonchev–Trinajstić information content (AvgIpc) is 3.06. The number of sulfone groups is 1. The molecule has 1 atom stereocenters. The van der Waals surface area contributed by atoms with Crippen LogP contribution < -0.4 is 0 Å². The fraction of sp³-hybridized carbons (Fsp3) is 0.450. The van der Waals surface area contributed by atoms with Gasteiger partial charge in [0.1, 0.15) is 0 Å². The van der Waals surface area contributed by atoms with Gasteiger partial charge < -0.3 is 9.88 Å². The molecule has 1 aromatic heterocycles. The second-order valence-electron chi connectivity index (χ2n) is 7.30. The minimum atomic E-state index is -3.04. The molecule has 26 heavy (non-hydrogen) atoms. The monoisotopic (exact) mass is 374 g/mol. The number of nitrogens with one attached hydrogen (secondary N) is 1. The van der Waals surface area contributed by atoms with Crippen molar-refractivity contribution in [3.05, 3.63) is 47.2 Å². The van der Waals surface area contributed by atoms with Crippen LogP contribution in [0.2, 0.25) is 0 Å². The van der Waals surface area contributed by atoms with E-state index in [1.165, 1.54) is 0 Å². The topological polar surface area (TPSA) is 70.2 Å². The quantitative estimate of drug-likeness (QED) is 0.818. The van der Waals surface area contributed by atoms with Crippen LogP contribution in [0.15, 0.2) is 24.8 Å². The van der Waals surface area contributed by atoms with E-state index in [1.54, 1.807) is 11.0 Å². The van der Waals surface area contributed by atoms with Crippen molar-refractivity contribution >= 4 is 26.6 Å². The minimum Gasteiger partial charge on any atom is -0.358 e. The molecule has 2 heterocycles.